The van der Waals surface area contributed by atoms with Gasteiger partial charge < -0.3 is 10.7 Å². The van der Waals surface area contributed by atoms with Gasteiger partial charge in [-0.3, -0.25) is 19.6 Å². The molecule has 7 heteroatoms. The van der Waals surface area contributed by atoms with Crippen LogP contribution in [-0.2, 0) is 5.41 Å². The average Bonchev–Trinajstić information content (AvgIpc) is 3.31. The Kier molecular flexibility index (Phi) is 4.03. The van der Waals surface area contributed by atoms with E-state index in [4.69, 9.17) is 22.3 Å². The summed E-state index contributed by atoms with van der Waals surface area (Å²) in [4.78, 5) is 36.5. The summed E-state index contributed by atoms with van der Waals surface area (Å²) in [7, 11) is 0. The molecule has 2 saturated carbocycles. The number of nitrogens with one attached hydrogen (secondary N) is 1. The number of rotatable bonds is 3. The maximum atomic E-state index is 12.8. The Morgan fingerprint density at radius 1 is 1.31 bits per heavy atom. The first-order valence-corrected chi connectivity index (χ1v) is 10.3. The molecule has 3 N–H and O–H groups in total. The summed E-state index contributed by atoms with van der Waals surface area (Å²) in [6.07, 6.45) is 7.45. The molecule has 5 rings (SSSR count). The maximum absolute atomic E-state index is 12.8. The van der Waals surface area contributed by atoms with Gasteiger partial charge in [-0.05, 0) is 57.1 Å². The quantitative estimate of drug-likeness (QED) is 0.686. The summed E-state index contributed by atoms with van der Waals surface area (Å²) in [5, 5.41) is 0.848. The monoisotopic (exact) mass is 408 g/mol. The Morgan fingerprint density at radius 2 is 2.07 bits per heavy atom. The fourth-order valence-corrected chi connectivity index (χ4v) is 5.63. The summed E-state index contributed by atoms with van der Waals surface area (Å²) in [6, 6.07) is 5.02. The van der Waals surface area contributed by atoms with Crippen LogP contribution in [0.25, 0.3) is 22.2 Å². The minimum Gasteiger partial charge on any atom is -0.364 e. The Bertz CT molecular complexity index is 1230. The second-order valence-corrected chi connectivity index (χ2v) is 8.78. The SMILES string of the molecule is Cc1nc(C23CCC(CC2)C3)c(Cl)cc1-c1cc(=O)c2c(C(N)=O)nccc2[nH]1. The number of aryl methyl sites for hydroxylation is 1. The van der Waals surface area contributed by atoms with E-state index in [2.05, 4.69) is 9.97 Å². The van der Waals surface area contributed by atoms with Gasteiger partial charge in [0.25, 0.3) is 5.91 Å². The first-order chi connectivity index (χ1) is 13.9. The Morgan fingerprint density at radius 3 is 2.72 bits per heavy atom. The second-order valence-electron chi connectivity index (χ2n) is 8.37. The molecule has 29 heavy (non-hydrogen) atoms. The Balaban J connectivity index is 1.65. The maximum Gasteiger partial charge on any atom is 0.268 e. The van der Waals surface area contributed by atoms with Gasteiger partial charge in [0.15, 0.2) is 5.43 Å². The van der Waals surface area contributed by atoms with Gasteiger partial charge >= 0.3 is 0 Å². The van der Waals surface area contributed by atoms with Crippen molar-refractivity contribution < 1.29 is 4.79 Å². The van der Waals surface area contributed by atoms with Crippen LogP contribution in [-0.4, -0.2) is 20.9 Å². The molecule has 0 unspecified atom stereocenters. The van der Waals surface area contributed by atoms with Crippen molar-refractivity contribution in [1.29, 1.82) is 0 Å². The van der Waals surface area contributed by atoms with Gasteiger partial charge in [0.05, 0.1) is 27.3 Å². The van der Waals surface area contributed by atoms with Crippen LogP contribution in [0.5, 0.6) is 0 Å². The predicted octanol–water partition coefficient (Wildman–Crippen LogP) is 3.88. The van der Waals surface area contributed by atoms with E-state index >= 15 is 0 Å². The molecule has 3 aromatic heterocycles. The zero-order chi connectivity index (χ0) is 20.3. The number of fused-ring (bicyclic) bond motifs is 3. The molecule has 0 radical (unpaired) electrons. The van der Waals surface area contributed by atoms with Crippen molar-refractivity contribution in [1.82, 2.24) is 15.0 Å². The van der Waals surface area contributed by atoms with E-state index in [1.807, 2.05) is 13.0 Å². The smallest absolute Gasteiger partial charge is 0.268 e. The summed E-state index contributed by atoms with van der Waals surface area (Å²) in [6.45, 7) is 1.94. The highest BCUT2D eigenvalue weighted by atomic mass is 35.5. The van der Waals surface area contributed by atoms with E-state index in [1.165, 1.54) is 31.5 Å². The average molecular weight is 409 g/mol. The van der Waals surface area contributed by atoms with Crippen LogP contribution < -0.4 is 11.2 Å². The molecule has 0 aromatic carbocycles. The van der Waals surface area contributed by atoms with Crippen LogP contribution in [0.1, 0.15) is 54.0 Å². The minimum absolute atomic E-state index is 0.0327. The predicted molar refractivity (Wildman–Crippen MR) is 112 cm³/mol. The third-order valence-corrected chi connectivity index (χ3v) is 6.96. The minimum atomic E-state index is -0.732. The van der Waals surface area contributed by atoms with Gasteiger partial charge in [0.2, 0.25) is 0 Å². The third-order valence-electron chi connectivity index (χ3n) is 6.68. The number of carbonyl (C=O) groups is 1. The zero-order valence-corrected chi connectivity index (χ0v) is 16.8. The van der Waals surface area contributed by atoms with E-state index in [0.29, 0.717) is 16.2 Å². The van der Waals surface area contributed by atoms with Crippen molar-refractivity contribution in [2.45, 2.75) is 44.4 Å². The van der Waals surface area contributed by atoms with Gasteiger partial charge in [0, 0.05) is 28.9 Å². The Hall–Kier alpha value is -2.73. The number of carbonyl (C=O) groups excluding carboxylic acids is 1. The van der Waals surface area contributed by atoms with Crippen LogP contribution >= 0.6 is 11.6 Å². The van der Waals surface area contributed by atoms with Gasteiger partial charge in [-0.2, -0.15) is 0 Å². The van der Waals surface area contributed by atoms with Crippen LogP contribution in [0.3, 0.4) is 0 Å². The molecule has 2 aliphatic rings. The molecule has 2 bridgehead atoms. The molecule has 6 nitrogen and oxygen atoms in total. The number of nitrogens with two attached hydrogens (primary N) is 1. The number of halogens is 1. The third kappa shape index (κ3) is 2.77. The van der Waals surface area contributed by atoms with E-state index in [-0.39, 0.29) is 21.9 Å². The number of pyridine rings is 3. The van der Waals surface area contributed by atoms with Crippen LogP contribution in [0, 0.1) is 12.8 Å². The molecule has 0 aliphatic heterocycles. The highest BCUT2D eigenvalue weighted by Gasteiger charge is 2.48. The molecule has 148 valence electrons. The molecule has 2 aliphatic carbocycles. The van der Waals surface area contributed by atoms with Crippen molar-refractivity contribution in [3.63, 3.8) is 0 Å². The van der Waals surface area contributed by atoms with Crippen LogP contribution in [0.2, 0.25) is 5.02 Å². The topological polar surface area (TPSA) is 102 Å². The molecular formula is C22H21ClN4O2. The highest BCUT2D eigenvalue weighted by Crippen LogP contribution is 2.56. The van der Waals surface area contributed by atoms with Gasteiger partial charge in [0.1, 0.15) is 5.69 Å². The van der Waals surface area contributed by atoms with Crippen LogP contribution in [0.15, 0.2) is 29.2 Å². The zero-order valence-electron chi connectivity index (χ0n) is 16.1. The lowest BCUT2D eigenvalue weighted by molar-refractivity contribution is 0.0997. The molecule has 0 spiro atoms. The fourth-order valence-electron chi connectivity index (χ4n) is 5.28. The number of nitrogens with zero attached hydrogens (tertiary/aromatic N) is 2. The molecule has 1 amide bonds. The van der Waals surface area contributed by atoms with Crippen molar-refractivity contribution >= 4 is 28.4 Å². The van der Waals surface area contributed by atoms with Crippen molar-refractivity contribution in [2.24, 2.45) is 11.7 Å². The molecule has 0 atom stereocenters. The molecule has 2 fully saturated rings. The lowest BCUT2D eigenvalue weighted by atomic mass is 9.80. The normalized spacial score (nSPS) is 23.0. The first kappa shape index (κ1) is 18.3. The van der Waals surface area contributed by atoms with Gasteiger partial charge in [-0.25, -0.2) is 0 Å². The van der Waals surface area contributed by atoms with E-state index in [0.717, 1.165) is 35.7 Å². The van der Waals surface area contributed by atoms with Crippen molar-refractivity contribution in [3.8, 4) is 11.3 Å². The largest absolute Gasteiger partial charge is 0.364 e. The lowest BCUT2D eigenvalue weighted by Crippen LogP contribution is -2.22. The van der Waals surface area contributed by atoms with Gasteiger partial charge in [-0.15, -0.1) is 0 Å². The van der Waals surface area contributed by atoms with E-state index in [9.17, 15) is 9.59 Å². The number of aromatic nitrogens is 3. The molecule has 3 aromatic rings. The molecular weight excluding hydrogens is 388 g/mol. The number of hydrogen-bond acceptors (Lipinski definition) is 4. The summed E-state index contributed by atoms with van der Waals surface area (Å²) in [5.41, 5.74) is 8.85. The number of aromatic amines is 1. The van der Waals surface area contributed by atoms with Gasteiger partial charge in [-0.1, -0.05) is 11.6 Å². The lowest BCUT2D eigenvalue weighted by Gasteiger charge is -2.27. The second kappa shape index (κ2) is 6.39. The number of hydrogen-bond donors (Lipinski definition) is 2. The molecule has 0 saturated heterocycles. The number of primary amides is 1. The number of amides is 1. The standard InChI is InChI=1S/C22H21ClN4O2/c1-11-13(8-14(23)20(26-11)22-5-2-12(10-22)3-6-22)16-9-17(28)18-15(27-16)4-7-25-19(18)21(24)29/h4,7-9,12H,2-3,5-6,10H2,1H3,(H2,24,29)(H,27,28). The highest BCUT2D eigenvalue weighted by molar-refractivity contribution is 6.31. The van der Waals surface area contributed by atoms with Crippen LogP contribution in [0.4, 0.5) is 0 Å². The molecule has 3 heterocycles. The van der Waals surface area contributed by atoms with E-state index < -0.39 is 5.91 Å². The van der Waals surface area contributed by atoms with E-state index in [1.54, 1.807) is 6.07 Å². The first-order valence-electron chi connectivity index (χ1n) is 9.88. The van der Waals surface area contributed by atoms with Crippen molar-refractivity contribution in [3.05, 3.63) is 56.7 Å². The number of H-pyrrole nitrogens is 1. The van der Waals surface area contributed by atoms with Crippen molar-refractivity contribution in [2.75, 3.05) is 0 Å². The fraction of sp³-hybridized carbons (Fsp3) is 0.364. The Labute approximate surface area is 172 Å². The summed E-state index contributed by atoms with van der Waals surface area (Å²) in [5.74, 6) is 0.0718. The summed E-state index contributed by atoms with van der Waals surface area (Å²) >= 11 is 6.72. The summed E-state index contributed by atoms with van der Waals surface area (Å²) < 4.78 is 0.